The minimum Gasteiger partial charge on any atom is -0.465 e. The number of nitro benzene ring substituents is 1. The summed E-state index contributed by atoms with van der Waals surface area (Å²) in [6.07, 6.45) is 0. The zero-order chi connectivity index (χ0) is 28.1. The zero-order valence-electron chi connectivity index (χ0n) is 22.0. The first-order valence-electron chi connectivity index (χ1n) is 12.4. The summed E-state index contributed by atoms with van der Waals surface area (Å²) in [6, 6.07) is 13.7. The smallest absolute Gasteiger partial charge is 0.336 e. The van der Waals surface area contributed by atoms with E-state index in [1.807, 2.05) is 29.6 Å². The number of esters is 2. The SMILES string of the molecule is CCOC(=O)C1=C(C)N=C(C)C(C(=O)OCC)C1c1cccc(Nc2nc(-c3cccc([N+](=O)[O-])c3)cs2)c1. The fraction of sp³-hybridized carbons (Fsp3) is 0.286. The number of nitrogens with zero attached hydrogens (tertiary/aromatic N) is 3. The second-order valence-corrected chi connectivity index (χ2v) is 9.63. The fourth-order valence-corrected chi connectivity index (χ4v) is 5.32. The van der Waals surface area contributed by atoms with Gasteiger partial charge in [-0.15, -0.1) is 11.3 Å². The molecule has 1 aliphatic heterocycles. The van der Waals surface area contributed by atoms with E-state index in [1.165, 1.54) is 23.5 Å². The van der Waals surface area contributed by atoms with E-state index in [0.29, 0.717) is 44.6 Å². The van der Waals surface area contributed by atoms with Crippen LogP contribution >= 0.6 is 11.3 Å². The lowest BCUT2D eigenvalue weighted by molar-refractivity contribution is -0.384. The van der Waals surface area contributed by atoms with E-state index in [4.69, 9.17) is 9.47 Å². The van der Waals surface area contributed by atoms with Crippen molar-refractivity contribution in [3.05, 3.63) is 80.9 Å². The second kappa shape index (κ2) is 12.0. The molecule has 2 atom stereocenters. The van der Waals surface area contributed by atoms with Crippen molar-refractivity contribution in [3.8, 4) is 11.3 Å². The highest BCUT2D eigenvalue weighted by Crippen LogP contribution is 2.41. The van der Waals surface area contributed by atoms with Crippen molar-refractivity contribution < 1.29 is 24.0 Å². The molecule has 0 amide bonds. The molecule has 2 aromatic carbocycles. The number of nitro groups is 1. The summed E-state index contributed by atoms with van der Waals surface area (Å²) in [5.41, 5.74) is 4.01. The van der Waals surface area contributed by atoms with Crippen molar-refractivity contribution >= 4 is 45.5 Å². The van der Waals surface area contributed by atoms with Crippen molar-refractivity contribution in [3.63, 3.8) is 0 Å². The molecule has 1 aromatic heterocycles. The maximum atomic E-state index is 13.1. The Morgan fingerprint density at radius 1 is 1.08 bits per heavy atom. The largest absolute Gasteiger partial charge is 0.465 e. The maximum absolute atomic E-state index is 13.1. The maximum Gasteiger partial charge on any atom is 0.336 e. The summed E-state index contributed by atoms with van der Waals surface area (Å²) in [5.74, 6) is -2.42. The van der Waals surface area contributed by atoms with Crippen molar-refractivity contribution in [1.82, 2.24) is 4.98 Å². The van der Waals surface area contributed by atoms with Crippen LogP contribution in [0, 0.1) is 16.0 Å². The van der Waals surface area contributed by atoms with Crippen LogP contribution in [0.5, 0.6) is 0 Å². The molecule has 2 unspecified atom stereocenters. The fourth-order valence-electron chi connectivity index (χ4n) is 4.58. The molecule has 1 N–H and O–H groups in total. The summed E-state index contributed by atoms with van der Waals surface area (Å²) in [4.78, 5) is 45.9. The van der Waals surface area contributed by atoms with Gasteiger partial charge in [0.25, 0.3) is 5.69 Å². The normalized spacial score (nSPS) is 16.9. The Labute approximate surface area is 229 Å². The highest BCUT2D eigenvalue weighted by atomic mass is 32.1. The first-order chi connectivity index (χ1) is 18.7. The third kappa shape index (κ3) is 6.04. The van der Waals surface area contributed by atoms with E-state index in [1.54, 1.807) is 39.8 Å². The Bertz CT molecular complexity index is 1480. The molecule has 39 heavy (non-hydrogen) atoms. The van der Waals surface area contributed by atoms with Crippen LogP contribution in [0.2, 0.25) is 0 Å². The van der Waals surface area contributed by atoms with Crippen LogP contribution < -0.4 is 5.32 Å². The predicted octanol–water partition coefficient (Wildman–Crippen LogP) is 6.04. The molecule has 0 radical (unpaired) electrons. The summed E-state index contributed by atoms with van der Waals surface area (Å²) in [5, 5.41) is 16.8. The quantitative estimate of drug-likeness (QED) is 0.194. The van der Waals surface area contributed by atoms with Gasteiger partial charge in [0.15, 0.2) is 5.13 Å². The molecule has 4 rings (SSSR count). The summed E-state index contributed by atoms with van der Waals surface area (Å²) < 4.78 is 10.7. The van der Waals surface area contributed by atoms with E-state index in [0.717, 1.165) is 0 Å². The van der Waals surface area contributed by atoms with Crippen LogP contribution in [0.3, 0.4) is 0 Å². The number of benzene rings is 2. The van der Waals surface area contributed by atoms with Crippen LogP contribution in [0.25, 0.3) is 11.3 Å². The number of ether oxygens (including phenoxy) is 2. The van der Waals surface area contributed by atoms with Gasteiger partial charge in [-0.25, -0.2) is 9.78 Å². The Morgan fingerprint density at radius 2 is 1.82 bits per heavy atom. The zero-order valence-corrected chi connectivity index (χ0v) is 22.8. The number of carbonyl (C=O) groups excluding carboxylic acids is 2. The molecule has 11 heteroatoms. The minimum absolute atomic E-state index is 0.00840. The number of anilines is 2. The number of thiazole rings is 1. The van der Waals surface area contributed by atoms with E-state index in [-0.39, 0.29) is 18.9 Å². The first kappa shape index (κ1) is 27.6. The van der Waals surface area contributed by atoms with Crippen LogP contribution in [0.1, 0.15) is 39.2 Å². The third-order valence-electron chi connectivity index (χ3n) is 6.22. The number of aliphatic imine (C=N–C) groups is 1. The van der Waals surface area contributed by atoms with E-state index in [9.17, 15) is 19.7 Å². The van der Waals surface area contributed by atoms with Crippen LogP contribution in [0.4, 0.5) is 16.5 Å². The van der Waals surface area contributed by atoms with Crippen LogP contribution in [-0.2, 0) is 19.1 Å². The van der Waals surface area contributed by atoms with E-state index in [2.05, 4.69) is 15.3 Å². The lowest BCUT2D eigenvalue weighted by Gasteiger charge is -2.31. The highest BCUT2D eigenvalue weighted by Gasteiger charge is 2.42. The summed E-state index contributed by atoms with van der Waals surface area (Å²) >= 11 is 1.35. The van der Waals surface area contributed by atoms with Gasteiger partial charge in [-0.2, -0.15) is 0 Å². The van der Waals surface area contributed by atoms with Gasteiger partial charge in [0.1, 0.15) is 5.92 Å². The van der Waals surface area contributed by atoms with E-state index >= 15 is 0 Å². The molecule has 10 nitrogen and oxygen atoms in total. The number of aromatic nitrogens is 1. The van der Waals surface area contributed by atoms with Crippen LogP contribution in [-0.4, -0.2) is 40.8 Å². The number of rotatable bonds is 9. The second-order valence-electron chi connectivity index (χ2n) is 8.78. The Kier molecular flexibility index (Phi) is 8.50. The molecular formula is C28H28N4O6S. The van der Waals surface area contributed by atoms with Gasteiger partial charge in [0, 0.05) is 46.1 Å². The highest BCUT2D eigenvalue weighted by molar-refractivity contribution is 7.14. The van der Waals surface area contributed by atoms with Gasteiger partial charge in [0.05, 0.1) is 29.4 Å². The molecule has 0 bridgehead atoms. The number of non-ortho nitro benzene ring substituents is 1. The topological polar surface area (TPSA) is 133 Å². The number of hydrogen-bond donors (Lipinski definition) is 1. The molecule has 0 spiro atoms. The summed E-state index contributed by atoms with van der Waals surface area (Å²) in [7, 11) is 0. The molecule has 202 valence electrons. The average Bonchev–Trinajstić information content (AvgIpc) is 3.37. The summed E-state index contributed by atoms with van der Waals surface area (Å²) in [6.45, 7) is 7.34. The molecular weight excluding hydrogens is 520 g/mol. The molecule has 3 aromatic rings. The molecule has 1 aliphatic rings. The minimum atomic E-state index is -0.788. The standard InChI is InChI=1S/C28H28N4O6S/c1-5-37-26(33)23-16(3)29-17(4)24(27(34)38-6-2)25(23)19-10-7-11-20(13-19)30-28-31-22(15-39-28)18-9-8-12-21(14-18)32(35)36/h7-15,23,25H,5-6H2,1-4H3,(H,30,31). The number of allylic oxidation sites excluding steroid dienone is 1. The lowest BCUT2D eigenvalue weighted by Crippen LogP contribution is -2.36. The average molecular weight is 549 g/mol. The van der Waals surface area contributed by atoms with Crippen molar-refractivity contribution in [2.75, 3.05) is 18.5 Å². The molecule has 2 heterocycles. The number of hydrogen-bond acceptors (Lipinski definition) is 10. The Hall–Kier alpha value is -4.38. The van der Waals surface area contributed by atoms with Gasteiger partial charge in [-0.1, -0.05) is 24.3 Å². The molecule has 0 fully saturated rings. The third-order valence-corrected chi connectivity index (χ3v) is 6.98. The molecule has 0 saturated carbocycles. The van der Waals surface area contributed by atoms with E-state index < -0.39 is 28.7 Å². The molecule has 0 aliphatic carbocycles. The van der Waals surface area contributed by atoms with Crippen molar-refractivity contribution in [2.45, 2.75) is 33.6 Å². The van der Waals surface area contributed by atoms with Gasteiger partial charge in [0.2, 0.25) is 0 Å². The Balaban J connectivity index is 1.68. The monoisotopic (exact) mass is 548 g/mol. The predicted molar refractivity (Wildman–Crippen MR) is 149 cm³/mol. The first-order valence-corrected chi connectivity index (χ1v) is 13.3. The van der Waals surface area contributed by atoms with Crippen LogP contribution in [0.15, 0.2) is 70.2 Å². The number of nitrogens with one attached hydrogen (secondary N) is 1. The van der Waals surface area contributed by atoms with Gasteiger partial charge >= 0.3 is 11.9 Å². The number of carbonyl (C=O) groups is 2. The lowest BCUT2D eigenvalue weighted by atomic mass is 9.75. The Morgan fingerprint density at radius 3 is 2.54 bits per heavy atom. The van der Waals surface area contributed by atoms with Crippen molar-refractivity contribution in [1.29, 1.82) is 0 Å². The van der Waals surface area contributed by atoms with Gasteiger partial charge in [-0.05, 0) is 45.4 Å². The van der Waals surface area contributed by atoms with Crippen molar-refractivity contribution in [2.24, 2.45) is 10.9 Å². The molecule has 0 saturated heterocycles. The van der Waals surface area contributed by atoms with Gasteiger partial charge in [-0.3, -0.25) is 19.9 Å². The van der Waals surface area contributed by atoms with Gasteiger partial charge < -0.3 is 14.8 Å².